The Labute approximate surface area is 95.7 Å². The molecule has 0 saturated heterocycles. The Morgan fingerprint density at radius 2 is 2.31 bits per heavy atom. The summed E-state index contributed by atoms with van der Waals surface area (Å²) in [7, 11) is 0. The molecule has 0 aliphatic heterocycles. The fourth-order valence-electron chi connectivity index (χ4n) is 1.59. The van der Waals surface area contributed by atoms with Gasteiger partial charge in [-0.15, -0.1) is 0 Å². The van der Waals surface area contributed by atoms with Gasteiger partial charge in [0.05, 0.1) is 6.20 Å². The number of aromatic nitrogens is 3. The van der Waals surface area contributed by atoms with E-state index in [-0.39, 0.29) is 0 Å². The van der Waals surface area contributed by atoms with E-state index in [1.54, 1.807) is 0 Å². The minimum atomic E-state index is -0.411. The van der Waals surface area contributed by atoms with Crippen molar-refractivity contribution in [2.75, 3.05) is 11.9 Å². The minimum absolute atomic E-state index is 0.411. The van der Waals surface area contributed by atoms with Gasteiger partial charge in [-0.1, -0.05) is 33.1 Å². The summed E-state index contributed by atoms with van der Waals surface area (Å²) >= 11 is 0. The predicted molar refractivity (Wildman–Crippen MR) is 64.4 cm³/mol. The summed E-state index contributed by atoms with van der Waals surface area (Å²) in [5.41, 5.74) is -0.411. The Balaban J connectivity index is 2.40. The molecule has 2 N–H and O–H groups in total. The molecule has 0 amide bonds. The number of hydrogen-bond donors (Lipinski definition) is 2. The normalized spacial score (nSPS) is 12.4. The van der Waals surface area contributed by atoms with Gasteiger partial charge in [-0.25, -0.2) is 9.89 Å². The maximum Gasteiger partial charge on any atom is 0.363 e. The summed E-state index contributed by atoms with van der Waals surface area (Å²) in [5, 5.41) is 9.09. The van der Waals surface area contributed by atoms with Crippen molar-refractivity contribution in [3.8, 4) is 0 Å². The smallest absolute Gasteiger partial charge is 0.363 e. The van der Waals surface area contributed by atoms with E-state index in [4.69, 9.17) is 0 Å². The zero-order chi connectivity index (χ0) is 11.8. The molecule has 5 heteroatoms. The van der Waals surface area contributed by atoms with E-state index in [1.807, 2.05) is 0 Å². The highest BCUT2D eigenvalue weighted by Crippen LogP contribution is 2.12. The van der Waals surface area contributed by atoms with Crippen LogP contribution in [0, 0.1) is 5.92 Å². The van der Waals surface area contributed by atoms with Crippen LogP contribution in [0.1, 0.15) is 39.5 Å². The first kappa shape index (κ1) is 12.7. The third-order valence-corrected chi connectivity index (χ3v) is 2.68. The quantitative estimate of drug-likeness (QED) is 0.740. The van der Waals surface area contributed by atoms with Crippen molar-refractivity contribution in [3.05, 3.63) is 16.7 Å². The van der Waals surface area contributed by atoms with Crippen LogP contribution in [0.5, 0.6) is 0 Å². The lowest BCUT2D eigenvalue weighted by molar-refractivity contribution is 0.472. The van der Waals surface area contributed by atoms with E-state index in [0.29, 0.717) is 11.7 Å². The number of anilines is 1. The van der Waals surface area contributed by atoms with Gasteiger partial charge in [0.2, 0.25) is 0 Å². The van der Waals surface area contributed by atoms with Crippen molar-refractivity contribution in [2.45, 2.75) is 39.5 Å². The molecule has 0 fully saturated rings. The lowest BCUT2D eigenvalue weighted by atomic mass is 9.99. The summed E-state index contributed by atoms with van der Waals surface area (Å²) in [5.74, 6) is 1.19. The monoisotopic (exact) mass is 224 g/mol. The van der Waals surface area contributed by atoms with E-state index >= 15 is 0 Å². The number of hydrogen-bond acceptors (Lipinski definition) is 4. The SMILES string of the molecule is CCCC[C@H](CC)CNc1cn[nH]c(=O)n1. The van der Waals surface area contributed by atoms with Gasteiger partial charge in [0.1, 0.15) is 0 Å². The van der Waals surface area contributed by atoms with Crippen LogP contribution in [-0.4, -0.2) is 21.7 Å². The first-order valence-corrected chi connectivity index (χ1v) is 5.91. The van der Waals surface area contributed by atoms with E-state index in [0.717, 1.165) is 13.0 Å². The fraction of sp³-hybridized carbons (Fsp3) is 0.727. The van der Waals surface area contributed by atoms with Gasteiger partial charge in [0.25, 0.3) is 0 Å². The number of rotatable bonds is 7. The highest BCUT2D eigenvalue weighted by atomic mass is 16.1. The fourth-order valence-corrected chi connectivity index (χ4v) is 1.59. The van der Waals surface area contributed by atoms with Crippen LogP contribution < -0.4 is 11.0 Å². The molecule has 1 atom stereocenters. The van der Waals surface area contributed by atoms with E-state index in [1.165, 1.54) is 25.5 Å². The molecule has 0 saturated carbocycles. The van der Waals surface area contributed by atoms with E-state index < -0.39 is 5.69 Å². The molecule has 1 rings (SSSR count). The van der Waals surface area contributed by atoms with Gasteiger partial charge in [0, 0.05) is 6.54 Å². The summed E-state index contributed by atoms with van der Waals surface area (Å²) in [6.07, 6.45) is 6.37. The second kappa shape index (κ2) is 6.98. The topological polar surface area (TPSA) is 70.7 Å². The van der Waals surface area contributed by atoms with Gasteiger partial charge >= 0.3 is 5.69 Å². The van der Waals surface area contributed by atoms with E-state index in [2.05, 4.69) is 34.3 Å². The third kappa shape index (κ3) is 4.42. The zero-order valence-corrected chi connectivity index (χ0v) is 9.99. The standard InChI is InChI=1S/C11H20N4O/c1-3-5-6-9(4-2)7-12-10-8-13-15-11(16)14-10/h8-9H,3-7H2,1-2H3,(H2,12,14,15,16)/t9-/m0/s1. The van der Waals surface area contributed by atoms with Gasteiger partial charge in [-0.05, 0) is 12.3 Å². The summed E-state index contributed by atoms with van der Waals surface area (Å²) in [4.78, 5) is 14.7. The zero-order valence-electron chi connectivity index (χ0n) is 9.99. The van der Waals surface area contributed by atoms with Gasteiger partial charge in [0.15, 0.2) is 5.82 Å². The molecule has 0 unspecified atom stereocenters. The largest absolute Gasteiger partial charge is 0.368 e. The van der Waals surface area contributed by atoms with Crippen LogP contribution >= 0.6 is 0 Å². The molecule has 0 spiro atoms. The lowest BCUT2D eigenvalue weighted by Gasteiger charge is -2.14. The second-order valence-electron chi connectivity index (χ2n) is 3.97. The van der Waals surface area contributed by atoms with Crippen molar-refractivity contribution in [1.82, 2.24) is 15.2 Å². The summed E-state index contributed by atoms with van der Waals surface area (Å²) in [6.45, 7) is 5.24. The second-order valence-corrected chi connectivity index (χ2v) is 3.97. The van der Waals surface area contributed by atoms with Crippen molar-refractivity contribution >= 4 is 5.82 Å². The van der Waals surface area contributed by atoms with Crippen molar-refractivity contribution in [3.63, 3.8) is 0 Å². The first-order valence-electron chi connectivity index (χ1n) is 5.91. The highest BCUT2D eigenvalue weighted by Gasteiger charge is 2.05. The molecule has 0 aromatic carbocycles. The van der Waals surface area contributed by atoms with Crippen LogP contribution in [0.25, 0.3) is 0 Å². The van der Waals surface area contributed by atoms with Crippen LogP contribution in [0.15, 0.2) is 11.0 Å². The molecule has 16 heavy (non-hydrogen) atoms. The lowest BCUT2D eigenvalue weighted by Crippen LogP contribution is -2.19. The molecule has 0 bridgehead atoms. The van der Waals surface area contributed by atoms with Crippen LogP contribution in [-0.2, 0) is 0 Å². The van der Waals surface area contributed by atoms with Crippen molar-refractivity contribution < 1.29 is 0 Å². The molecule has 90 valence electrons. The minimum Gasteiger partial charge on any atom is -0.368 e. The molecule has 0 aliphatic carbocycles. The van der Waals surface area contributed by atoms with Crippen LogP contribution in [0.3, 0.4) is 0 Å². The summed E-state index contributed by atoms with van der Waals surface area (Å²) < 4.78 is 0. The highest BCUT2D eigenvalue weighted by molar-refractivity contribution is 5.28. The summed E-state index contributed by atoms with van der Waals surface area (Å²) in [6, 6.07) is 0. The van der Waals surface area contributed by atoms with Gasteiger partial charge in [-0.3, -0.25) is 0 Å². The Bertz CT molecular complexity index is 350. The molecular formula is C11H20N4O. The van der Waals surface area contributed by atoms with Crippen molar-refractivity contribution in [2.24, 2.45) is 5.92 Å². The molecule has 0 aliphatic rings. The first-order chi connectivity index (χ1) is 7.76. The van der Waals surface area contributed by atoms with Gasteiger partial charge < -0.3 is 5.32 Å². The van der Waals surface area contributed by atoms with Crippen LogP contribution in [0.4, 0.5) is 5.82 Å². The molecule has 5 nitrogen and oxygen atoms in total. The Hall–Kier alpha value is -1.39. The number of H-pyrrole nitrogens is 1. The van der Waals surface area contributed by atoms with Crippen molar-refractivity contribution in [1.29, 1.82) is 0 Å². The number of aromatic amines is 1. The average molecular weight is 224 g/mol. The van der Waals surface area contributed by atoms with Gasteiger partial charge in [-0.2, -0.15) is 10.1 Å². The molecular weight excluding hydrogens is 204 g/mol. The number of nitrogens with one attached hydrogen (secondary N) is 2. The van der Waals surface area contributed by atoms with Crippen LogP contribution in [0.2, 0.25) is 0 Å². The number of nitrogens with zero attached hydrogens (tertiary/aromatic N) is 2. The maximum atomic E-state index is 10.9. The predicted octanol–water partition coefficient (Wildman–Crippen LogP) is 1.79. The third-order valence-electron chi connectivity index (χ3n) is 2.68. The average Bonchev–Trinajstić information content (AvgIpc) is 2.29. The maximum absolute atomic E-state index is 10.9. The Kier molecular flexibility index (Phi) is 5.53. The van der Waals surface area contributed by atoms with E-state index in [9.17, 15) is 4.79 Å². The molecule has 1 aromatic rings. The molecule has 1 heterocycles. The Morgan fingerprint density at radius 1 is 1.50 bits per heavy atom. The Morgan fingerprint density at radius 3 is 2.94 bits per heavy atom. The number of unbranched alkanes of at least 4 members (excludes halogenated alkanes) is 1. The molecule has 0 radical (unpaired) electrons. The molecule has 1 aromatic heterocycles.